The first kappa shape index (κ1) is 23.9. The lowest BCUT2D eigenvalue weighted by Gasteiger charge is -2.37. The van der Waals surface area contributed by atoms with Crippen molar-refractivity contribution in [3.8, 4) is 16.7 Å². The van der Waals surface area contributed by atoms with Crippen LogP contribution in [0.25, 0.3) is 0 Å². The van der Waals surface area contributed by atoms with Gasteiger partial charge in [-0.3, -0.25) is 4.90 Å². The van der Waals surface area contributed by atoms with Gasteiger partial charge in [0, 0.05) is 5.54 Å². The average molecular weight is 500 g/mol. The fourth-order valence-electron chi connectivity index (χ4n) is 2.74. The zero-order valence-electron chi connectivity index (χ0n) is 17.6. The van der Waals surface area contributed by atoms with E-state index in [0.29, 0.717) is 17.6 Å². The third-order valence-electron chi connectivity index (χ3n) is 3.85. The molecule has 30 heavy (non-hydrogen) atoms. The van der Waals surface area contributed by atoms with Crippen LogP contribution in [0, 0.1) is 0 Å². The summed E-state index contributed by atoms with van der Waals surface area (Å²) in [6.45, 7) is 9.94. The zero-order chi connectivity index (χ0) is 22.3. The predicted octanol–water partition coefficient (Wildman–Crippen LogP) is 5.61. The van der Waals surface area contributed by atoms with E-state index in [9.17, 15) is 9.90 Å². The summed E-state index contributed by atoms with van der Waals surface area (Å²) in [4.78, 5) is 23.1. The molecular formula is C20H26BrN3O5S. The molecular weight excluding hydrogens is 474 g/mol. The van der Waals surface area contributed by atoms with Crippen molar-refractivity contribution in [2.24, 2.45) is 5.16 Å². The number of hydrogen-bond donors (Lipinski definition) is 1. The Balaban J connectivity index is 1.91. The van der Waals surface area contributed by atoms with Crippen molar-refractivity contribution < 1.29 is 24.2 Å². The van der Waals surface area contributed by atoms with Crippen LogP contribution in [0.2, 0.25) is 0 Å². The lowest BCUT2D eigenvalue weighted by Crippen LogP contribution is -2.51. The number of nitrogens with zero attached hydrogens (tertiary/aromatic N) is 3. The molecule has 0 bridgehead atoms. The quantitative estimate of drug-likeness (QED) is 0.355. The maximum Gasteiger partial charge on any atom is 0.408 e. The first-order chi connectivity index (χ1) is 14.1. The number of aromatic nitrogens is 1. The van der Waals surface area contributed by atoms with E-state index in [0.717, 1.165) is 15.1 Å². The van der Waals surface area contributed by atoms with E-state index < -0.39 is 11.6 Å². The van der Waals surface area contributed by atoms with Crippen LogP contribution in [0.4, 0.5) is 4.79 Å². The molecule has 8 nitrogen and oxygen atoms in total. The Morgan fingerprint density at radius 3 is 2.77 bits per heavy atom. The van der Waals surface area contributed by atoms with Crippen LogP contribution < -0.4 is 9.47 Å². The highest BCUT2D eigenvalue weighted by Crippen LogP contribution is 2.34. The number of oxime groups is 1. The number of halogens is 1. The Kier molecular flexibility index (Phi) is 8.48. The molecule has 2 aromatic rings. The molecule has 1 atom stereocenters. The largest absolute Gasteiger partial charge is 0.494 e. The number of amides is 1. The van der Waals surface area contributed by atoms with Gasteiger partial charge in [-0.05, 0) is 68.7 Å². The Labute approximate surface area is 188 Å². The minimum atomic E-state index is -0.993. The molecule has 0 unspecified atom stereocenters. The molecule has 0 aliphatic rings. The molecule has 0 aliphatic heterocycles. The number of hydrogen-bond acceptors (Lipinski definition) is 7. The van der Waals surface area contributed by atoms with Crippen molar-refractivity contribution in [3.63, 3.8) is 0 Å². The second-order valence-corrected chi connectivity index (χ2v) is 9.24. The molecule has 0 fully saturated rings. The van der Waals surface area contributed by atoms with Gasteiger partial charge < -0.3 is 19.4 Å². The van der Waals surface area contributed by atoms with Crippen molar-refractivity contribution in [2.75, 3.05) is 13.2 Å². The third-order valence-corrected chi connectivity index (χ3v) is 5.28. The Bertz CT molecular complexity index is 882. The summed E-state index contributed by atoms with van der Waals surface area (Å²) in [5.41, 5.74) is -0.530. The van der Waals surface area contributed by atoms with E-state index in [4.69, 9.17) is 14.3 Å². The van der Waals surface area contributed by atoms with Crippen LogP contribution in [0.5, 0.6) is 16.7 Å². The molecule has 0 saturated heterocycles. The normalized spacial score (nSPS) is 12.6. The molecule has 1 aromatic heterocycles. The summed E-state index contributed by atoms with van der Waals surface area (Å²) in [5, 5.41) is 13.8. The second kappa shape index (κ2) is 10.6. The van der Waals surface area contributed by atoms with E-state index in [2.05, 4.69) is 26.1 Å². The molecule has 0 aliphatic carbocycles. The number of carbonyl (C=O) groups is 1. The van der Waals surface area contributed by atoms with Gasteiger partial charge in [-0.15, -0.1) is 0 Å². The summed E-state index contributed by atoms with van der Waals surface area (Å²) in [5.74, 6) is 1.38. The molecule has 2 rings (SSSR count). The van der Waals surface area contributed by atoms with Crippen molar-refractivity contribution >= 4 is 39.6 Å². The highest BCUT2D eigenvalue weighted by atomic mass is 79.9. The van der Waals surface area contributed by atoms with Gasteiger partial charge in [0.1, 0.15) is 18.1 Å². The summed E-state index contributed by atoms with van der Waals surface area (Å²) in [6, 6.07) is 5.11. The molecule has 1 amide bonds. The molecule has 1 aromatic carbocycles. The van der Waals surface area contributed by atoms with E-state index in [1.165, 1.54) is 22.5 Å². The molecule has 10 heteroatoms. The van der Waals surface area contributed by atoms with Crippen LogP contribution in [0.3, 0.4) is 0 Å². The lowest BCUT2D eigenvalue weighted by molar-refractivity contribution is 0.0292. The highest BCUT2D eigenvalue weighted by molar-refractivity contribution is 9.10. The Hall–Kier alpha value is -2.33. The van der Waals surface area contributed by atoms with Crippen LogP contribution in [0.15, 0.2) is 34.0 Å². The van der Waals surface area contributed by atoms with Crippen molar-refractivity contribution in [1.82, 2.24) is 9.88 Å². The number of thiazole rings is 1. The zero-order valence-corrected chi connectivity index (χ0v) is 20.0. The van der Waals surface area contributed by atoms with Gasteiger partial charge >= 0.3 is 6.09 Å². The number of carboxylic acid groups (broad SMARTS) is 1. The van der Waals surface area contributed by atoms with Crippen molar-refractivity contribution in [1.29, 1.82) is 0 Å². The van der Waals surface area contributed by atoms with Crippen LogP contribution in [-0.4, -0.2) is 52.1 Å². The molecule has 0 spiro atoms. The maximum absolute atomic E-state index is 11.5. The Morgan fingerprint density at radius 1 is 1.43 bits per heavy atom. The van der Waals surface area contributed by atoms with Crippen LogP contribution in [0.1, 0.15) is 39.5 Å². The topological polar surface area (TPSA) is 93.5 Å². The third kappa shape index (κ3) is 6.88. The van der Waals surface area contributed by atoms with Gasteiger partial charge in [0.05, 0.1) is 34.4 Å². The highest BCUT2D eigenvalue weighted by Gasteiger charge is 2.31. The minimum Gasteiger partial charge on any atom is -0.494 e. The van der Waals surface area contributed by atoms with Gasteiger partial charge in [-0.25, -0.2) is 9.78 Å². The first-order valence-electron chi connectivity index (χ1n) is 9.35. The first-order valence-corrected chi connectivity index (χ1v) is 11.0. The van der Waals surface area contributed by atoms with Crippen molar-refractivity contribution in [3.05, 3.63) is 33.7 Å². The van der Waals surface area contributed by atoms with Crippen LogP contribution >= 0.6 is 27.3 Å². The summed E-state index contributed by atoms with van der Waals surface area (Å²) < 4.78 is 12.0. The van der Waals surface area contributed by atoms with Gasteiger partial charge in [0.2, 0.25) is 0 Å². The predicted molar refractivity (Wildman–Crippen MR) is 120 cm³/mol. The van der Waals surface area contributed by atoms with Gasteiger partial charge in [0.15, 0.2) is 0 Å². The molecule has 0 radical (unpaired) electrons. The fourth-order valence-corrected chi connectivity index (χ4v) is 3.82. The molecule has 1 heterocycles. The van der Waals surface area contributed by atoms with Gasteiger partial charge in [-0.1, -0.05) is 16.5 Å². The number of benzene rings is 1. The van der Waals surface area contributed by atoms with E-state index in [1.54, 1.807) is 19.2 Å². The standard InChI is InChI=1S/C20H26BrN3O5S/c1-6-27-14-7-8-17(16(21)9-14)29-18-22-10-15(30-18)11-23-28-12-13(2)24(19(25)26)20(3,4)5/h7-11,13H,6,12H2,1-5H3,(H,25,26)/b23-11-/t13-/m0/s1. The maximum atomic E-state index is 11.5. The summed E-state index contributed by atoms with van der Waals surface area (Å²) in [7, 11) is 0. The molecule has 0 saturated carbocycles. The lowest BCUT2D eigenvalue weighted by atomic mass is 10.0. The van der Waals surface area contributed by atoms with Gasteiger partial charge in [-0.2, -0.15) is 0 Å². The number of ether oxygens (including phenoxy) is 2. The van der Waals surface area contributed by atoms with Gasteiger partial charge in [0.25, 0.3) is 5.19 Å². The van der Waals surface area contributed by atoms with Crippen molar-refractivity contribution in [2.45, 2.75) is 46.2 Å². The SMILES string of the molecule is CCOc1ccc(Oc2ncc(/C=N\OC[C@H](C)N(C(=O)O)C(C)(C)C)s2)c(Br)c1. The smallest absolute Gasteiger partial charge is 0.408 e. The molecule has 164 valence electrons. The minimum absolute atomic E-state index is 0.140. The summed E-state index contributed by atoms with van der Waals surface area (Å²) >= 11 is 4.77. The van der Waals surface area contributed by atoms with Crippen LogP contribution in [-0.2, 0) is 4.84 Å². The number of rotatable bonds is 9. The van der Waals surface area contributed by atoms with E-state index in [-0.39, 0.29) is 12.6 Å². The fraction of sp³-hybridized carbons (Fsp3) is 0.450. The average Bonchev–Trinajstić information content (AvgIpc) is 3.07. The second-order valence-electron chi connectivity index (χ2n) is 7.36. The monoisotopic (exact) mass is 499 g/mol. The van der Waals surface area contributed by atoms with E-state index in [1.807, 2.05) is 39.8 Å². The van der Waals surface area contributed by atoms with E-state index >= 15 is 0 Å². The molecule has 1 N–H and O–H groups in total. The summed E-state index contributed by atoms with van der Waals surface area (Å²) in [6.07, 6.45) is 2.15. The Morgan fingerprint density at radius 2 is 2.17 bits per heavy atom.